The summed E-state index contributed by atoms with van der Waals surface area (Å²) in [4.78, 5) is 19.3. The third-order valence-electron chi connectivity index (χ3n) is 6.12. The molecule has 1 aliphatic heterocycles. The fourth-order valence-electron chi connectivity index (χ4n) is 4.24. The van der Waals surface area contributed by atoms with E-state index < -0.39 is 0 Å². The molecule has 150 valence electrons. The van der Waals surface area contributed by atoms with Gasteiger partial charge in [0.05, 0.1) is 0 Å². The van der Waals surface area contributed by atoms with Crippen LogP contribution >= 0.6 is 11.5 Å². The van der Waals surface area contributed by atoms with Crippen molar-refractivity contribution >= 4 is 22.6 Å². The maximum atomic E-state index is 12.2. The standard InChI is InChI=1S/C22H30N4OS/c1-16-6-8-17(9-7-16)14-20-24-22(28-25-20)26-12-10-18(11-13-26)15-23-21(27)19-4-2-3-5-19/h6-9,18-19H,2-5,10-15H2,1H3,(H,23,27). The van der Waals surface area contributed by atoms with E-state index in [1.165, 1.54) is 35.5 Å². The van der Waals surface area contributed by atoms with E-state index in [0.717, 1.165) is 62.7 Å². The van der Waals surface area contributed by atoms with Crippen LogP contribution in [-0.4, -0.2) is 34.9 Å². The van der Waals surface area contributed by atoms with Crippen molar-refractivity contribution in [1.82, 2.24) is 14.7 Å². The van der Waals surface area contributed by atoms with Crippen molar-refractivity contribution in [3.05, 3.63) is 41.2 Å². The van der Waals surface area contributed by atoms with E-state index in [-0.39, 0.29) is 11.8 Å². The van der Waals surface area contributed by atoms with Gasteiger partial charge in [0.1, 0.15) is 5.82 Å². The Morgan fingerprint density at radius 3 is 2.57 bits per heavy atom. The zero-order chi connectivity index (χ0) is 19.3. The first-order valence-electron chi connectivity index (χ1n) is 10.6. The summed E-state index contributed by atoms with van der Waals surface area (Å²) < 4.78 is 4.56. The lowest BCUT2D eigenvalue weighted by molar-refractivity contribution is -0.125. The molecule has 4 rings (SSSR count). The number of carbonyl (C=O) groups excluding carboxylic acids is 1. The first-order valence-corrected chi connectivity index (χ1v) is 11.4. The van der Waals surface area contributed by atoms with E-state index in [1.807, 2.05) is 0 Å². The van der Waals surface area contributed by atoms with E-state index in [2.05, 4.69) is 45.8 Å². The highest BCUT2D eigenvalue weighted by Gasteiger charge is 2.25. The molecule has 0 spiro atoms. The van der Waals surface area contributed by atoms with Crippen molar-refractivity contribution in [2.24, 2.45) is 11.8 Å². The number of aromatic nitrogens is 2. The second-order valence-electron chi connectivity index (χ2n) is 8.31. The lowest BCUT2D eigenvalue weighted by Crippen LogP contribution is -2.40. The van der Waals surface area contributed by atoms with Crippen molar-refractivity contribution < 1.29 is 4.79 Å². The van der Waals surface area contributed by atoms with Crippen LogP contribution in [0.1, 0.15) is 55.5 Å². The number of hydrogen-bond acceptors (Lipinski definition) is 5. The van der Waals surface area contributed by atoms with Crippen LogP contribution in [0.5, 0.6) is 0 Å². The third kappa shape index (κ3) is 4.90. The number of amides is 1. The highest BCUT2D eigenvalue weighted by Crippen LogP contribution is 2.27. The molecule has 1 amide bonds. The molecule has 1 aliphatic carbocycles. The van der Waals surface area contributed by atoms with Crippen LogP contribution in [0.15, 0.2) is 24.3 Å². The number of hydrogen-bond donors (Lipinski definition) is 1. The summed E-state index contributed by atoms with van der Waals surface area (Å²) >= 11 is 1.51. The smallest absolute Gasteiger partial charge is 0.223 e. The molecule has 2 aromatic rings. The first-order chi connectivity index (χ1) is 13.7. The van der Waals surface area contributed by atoms with Crippen LogP contribution in [0.3, 0.4) is 0 Å². The van der Waals surface area contributed by atoms with Crippen molar-refractivity contribution in [2.75, 3.05) is 24.5 Å². The molecule has 0 atom stereocenters. The SMILES string of the molecule is Cc1ccc(Cc2nsc(N3CCC(CNC(=O)C4CCCC4)CC3)n2)cc1. The Morgan fingerprint density at radius 1 is 1.14 bits per heavy atom. The van der Waals surface area contributed by atoms with E-state index in [0.29, 0.717) is 5.92 Å². The minimum atomic E-state index is 0.272. The molecule has 1 aromatic carbocycles. The van der Waals surface area contributed by atoms with Gasteiger partial charge in [0.15, 0.2) is 0 Å². The van der Waals surface area contributed by atoms with Gasteiger partial charge >= 0.3 is 0 Å². The van der Waals surface area contributed by atoms with Crippen LogP contribution in [0.4, 0.5) is 5.13 Å². The summed E-state index contributed by atoms with van der Waals surface area (Å²) in [6.45, 7) is 4.94. The quantitative estimate of drug-likeness (QED) is 0.800. The van der Waals surface area contributed by atoms with Gasteiger partial charge in [-0.1, -0.05) is 42.7 Å². The van der Waals surface area contributed by atoms with Gasteiger partial charge in [-0.3, -0.25) is 4.79 Å². The van der Waals surface area contributed by atoms with Crippen molar-refractivity contribution in [2.45, 2.75) is 51.9 Å². The second-order valence-corrected chi connectivity index (χ2v) is 9.04. The van der Waals surface area contributed by atoms with E-state index in [1.54, 1.807) is 0 Å². The molecule has 1 saturated carbocycles. The molecule has 0 radical (unpaired) electrons. The number of anilines is 1. The van der Waals surface area contributed by atoms with Gasteiger partial charge in [0.2, 0.25) is 11.0 Å². The molecule has 2 aliphatic rings. The number of piperidine rings is 1. The summed E-state index contributed by atoms with van der Waals surface area (Å²) in [5, 5.41) is 4.24. The molecular weight excluding hydrogens is 368 g/mol. The second kappa shape index (κ2) is 9.03. The minimum absolute atomic E-state index is 0.272. The number of nitrogens with zero attached hydrogens (tertiary/aromatic N) is 3. The van der Waals surface area contributed by atoms with Gasteiger partial charge in [-0.25, -0.2) is 4.98 Å². The Hall–Kier alpha value is -1.95. The molecule has 0 unspecified atom stereocenters. The predicted molar refractivity (Wildman–Crippen MR) is 114 cm³/mol. The van der Waals surface area contributed by atoms with Crippen LogP contribution in [-0.2, 0) is 11.2 Å². The van der Waals surface area contributed by atoms with Crippen molar-refractivity contribution in [3.63, 3.8) is 0 Å². The lowest BCUT2D eigenvalue weighted by Gasteiger charge is -2.31. The first kappa shape index (κ1) is 19.4. The molecule has 2 heterocycles. The van der Waals surface area contributed by atoms with Crippen LogP contribution in [0, 0.1) is 18.8 Å². The largest absolute Gasteiger partial charge is 0.356 e. The number of aryl methyl sites for hydroxylation is 1. The molecule has 0 bridgehead atoms. The summed E-state index contributed by atoms with van der Waals surface area (Å²) in [7, 11) is 0. The third-order valence-corrected chi connectivity index (χ3v) is 6.93. The fraction of sp³-hybridized carbons (Fsp3) is 0.591. The highest BCUT2D eigenvalue weighted by molar-refractivity contribution is 7.09. The van der Waals surface area contributed by atoms with Gasteiger partial charge < -0.3 is 10.2 Å². The zero-order valence-electron chi connectivity index (χ0n) is 16.7. The average molecular weight is 399 g/mol. The van der Waals surface area contributed by atoms with E-state index in [4.69, 9.17) is 4.98 Å². The molecule has 28 heavy (non-hydrogen) atoms. The number of benzene rings is 1. The van der Waals surface area contributed by atoms with Gasteiger partial charge in [-0.05, 0) is 44.1 Å². The van der Waals surface area contributed by atoms with Crippen LogP contribution in [0.2, 0.25) is 0 Å². The molecule has 5 nitrogen and oxygen atoms in total. The Bertz CT molecular complexity index is 774. The monoisotopic (exact) mass is 398 g/mol. The highest BCUT2D eigenvalue weighted by atomic mass is 32.1. The number of carbonyl (C=O) groups is 1. The fourth-order valence-corrected chi connectivity index (χ4v) is 4.98. The van der Waals surface area contributed by atoms with E-state index in [9.17, 15) is 4.79 Å². The van der Waals surface area contributed by atoms with Crippen LogP contribution in [0.25, 0.3) is 0 Å². The Balaban J connectivity index is 1.23. The zero-order valence-corrected chi connectivity index (χ0v) is 17.5. The lowest BCUT2D eigenvalue weighted by atomic mass is 9.96. The number of nitrogens with one attached hydrogen (secondary N) is 1. The Kier molecular flexibility index (Phi) is 6.25. The summed E-state index contributed by atoms with van der Waals surface area (Å²) in [6, 6.07) is 8.58. The summed E-state index contributed by atoms with van der Waals surface area (Å²) in [5.74, 6) is 2.05. The number of rotatable bonds is 6. The molecule has 1 saturated heterocycles. The maximum absolute atomic E-state index is 12.2. The average Bonchev–Trinajstić information content (AvgIpc) is 3.41. The van der Waals surface area contributed by atoms with Crippen molar-refractivity contribution in [3.8, 4) is 0 Å². The topological polar surface area (TPSA) is 58.1 Å². The maximum Gasteiger partial charge on any atom is 0.223 e. The van der Waals surface area contributed by atoms with Crippen molar-refractivity contribution in [1.29, 1.82) is 0 Å². The van der Waals surface area contributed by atoms with Gasteiger partial charge in [-0.2, -0.15) is 4.37 Å². The molecule has 6 heteroatoms. The summed E-state index contributed by atoms with van der Waals surface area (Å²) in [6.07, 6.45) is 7.59. The summed E-state index contributed by atoms with van der Waals surface area (Å²) in [5.41, 5.74) is 2.53. The van der Waals surface area contributed by atoms with E-state index >= 15 is 0 Å². The normalized spacial score (nSPS) is 18.5. The molecule has 1 aromatic heterocycles. The Labute approximate surface area is 171 Å². The molecular formula is C22H30N4OS. The Morgan fingerprint density at radius 2 is 1.86 bits per heavy atom. The van der Waals surface area contributed by atoms with Gasteiger partial charge in [0.25, 0.3) is 0 Å². The predicted octanol–water partition coefficient (Wildman–Crippen LogP) is 3.96. The minimum Gasteiger partial charge on any atom is -0.356 e. The van der Waals surface area contributed by atoms with Gasteiger partial charge in [-0.15, -0.1) is 0 Å². The molecule has 1 N–H and O–H groups in total. The molecule has 2 fully saturated rings. The van der Waals surface area contributed by atoms with Gasteiger partial charge in [0, 0.05) is 43.5 Å². The van der Waals surface area contributed by atoms with Crippen LogP contribution < -0.4 is 10.2 Å².